The number of nitrogens with zero attached hydrogens (tertiary/aromatic N) is 6. The molecule has 4 rings (SSSR count). The van der Waals surface area contributed by atoms with Gasteiger partial charge in [-0.1, -0.05) is 0 Å². The average Bonchev–Trinajstić information content (AvgIpc) is 3.35. The van der Waals surface area contributed by atoms with E-state index in [-0.39, 0.29) is 28.7 Å². The Morgan fingerprint density at radius 2 is 1.86 bits per heavy atom. The second kappa shape index (κ2) is 6.46. The van der Waals surface area contributed by atoms with Gasteiger partial charge in [0.2, 0.25) is 17.4 Å². The maximum Gasteiger partial charge on any atom is 0.451 e. The van der Waals surface area contributed by atoms with Crippen molar-refractivity contribution in [3.8, 4) is 28.7 Å². The summed E-state index contributed by atoms with van der Waals surface area (Å²) in [5.41, 5.74) is 0.331. The molecule has 0 spiro atoms. The summed E-state index contributed by atoms with van der Waals surface area (Å²) in [4.78, 5) is 18.0. The Morgan fingerprint density at radius 3 is 2.48 bits per heavy atom. The molecule has 9 nitrogen and oxygen atoms in total. The molecule has 0 aromatic carbocycles. The first kappa shape index (κ1) is 18.7. The van der Waals surface area contributed by atoms with Gasteiger partial charge in [-0.2, -0.15) is 31.4 Å². The molecule has 4 aromatic rings. The smallest absolute Gasteiger partial charge is 0.451 e. The number of H-pyrrole nitrogens is 2. The summed E-state index contributed by atoms with van der Waals surface area (Å²) in [5, 5.41) is 5.31. The van der Waals surface area contributed by atoms with E-state index in [1.54, 1.807) is 5.10 Å². The van der Waals surface area contributed by atoms with Crippen LogP contribution in [0.25, 0.3) is 28.7 Å². The number of rotatable bonds is 4. The molecule has 0 saturated heterocycles. The summed E-state index contributed by atoms with van der Waals surface area (Å²) in [5.74, 6) is -1.97. The van der Waals surface area contributed by atoms with E-state index in [0.717, 1.165) is 12.4 Å². The van der Waals surface area contributed by atoms with Crippen molar-refractivity contribution in [2.24, 2.45) is 0 Å². The Kier molecular flexibility index (Phi) is 4.16. The molecule has 0 saturated carbocycles. The number of alkyl halides is 6. The Morgan fingerprint density at radius 1 is 1.07 bits per heavy atom. The lowest BCUT2D eigenvalue weighted by Crippen LogP contribution is -2.19. The lowest BCUT2D eigenvalue weighted by molar-refractivity contribution is -0.153. The van der Waals surface area contributed by atoms with Crippen molar-refractivity contribution in [2.75, 3.05) is 6.61 Å². The highest BCUT2D eigenvalue weighted by Gasteiger charge is 2.36. The highest BCUT2D eigenvalue weighted by atomic mass is 19.4. The maximum atomic E-state index is 12.8. The third kappa shape index (κ3) is 3.70. The van der Waals surface area contributed by atoms with Gasteiger partial charge in [0, 0.05) is 0 Å². The van der Waals surface area contributed by atoms with Crippen LogP contribution in [-0.4, -0.2) is 52.3 Å². The topological polar surface area (TPSA) is 110 Å². The molecule has 15 heteroatoms. The van der Waals surface area contributed by atoms with Gasteiger partial charge in [-0.15, -0.1) is 0 Å². The third-order valence-electron chi connectivity index (χ3n) is 3.58. The highest BCUT2D eigenvalue weighted by Crippen LogP contribution is 2.32. The van der Waals surface area contributed by atoms with E-state index in [0.29, 0.717) is 5.69 Å². The molecule has 0 radical (unpaired) electrons. The van der Waals surface area contributed by atoms with Gasteiger partial charge in [-0.25, -0.2) is 19.9 Å². The number of hydrogen-bond donors (Lipinski definition) is 2. The minimum Gasteiger partial charge on any atom is -0.481 e. The Hall–Kier alpha value is -3.65. The second-order valence-electron chi connectivity index (χ2n) is 5.64. The first-order chi connectivity index (χ1) is 13.6. The molecule has 4 heterocycles. The molecular weight excluding hydrogens is 410 g/mol. The number of nitrogens with one attached hydrogen (secondary N) is 2. The van der Waals surface area contributed by atoms with Crippen molar-refractivity contribution < 1.29 is 31.1 Å². The van der Waals surface area contributed by atoms with Crippen LogP contribution in [0.3, 0.4) is 0 Å². The fourth-order valence-corrected chi connectivity index (χ4v) is 2.45. The van der Waals surface area contributed by atoms with E-state index in [1.807, 2.05) is 0 Å². The molecule has 0 bridgehead atoms. The van der Waals surface area contributed by atoms with Gasteiger partial charge in [0.1, 0.15) is 11.4 Å². The van der Waals surface area contributed by atoms with Crippen LogP contribution < -0.4 is 4.74 Å². The van der Waals surface area contributed by atoms with Crippen molar-refractivity contribution in [2.45, 2.75) is 12.4 Å². The van der Waals surface area contributed by atoms with Gasteiger partial charge < -0.3 is 9.72 Å². The molecule has 4 aromatic heterocycles. The van der Waals surface area contributed by atoms with Gasteiger partial charge in [0.15, 0.2) is 12.4 Å². The largest absolute Gasteiger partial charge is 0.481 e. The van der Waals surface area contributed by atoms with E-state index in [1.165, 1.54) is 16.9 Å². The predicted molar refractivity (Wildman–Crippen MR) is 82.5 cm³/mol. The first-order valence-corrected chi connectivity index (χ1v) is 7.68. The molecule has 29 heavy (non-hydrogen) atoms. The maximum absolute atomic E-state index is 12.8. The van der Waals surface area contributed by atoms with Crippen molar-refractivity contribution in [3.63, 3.8) is 0 Å². The summed E-state index contributed by atoms with van der Waals surface area (Å²) in [7, 11) is 0. The second-order valence-corrected chi connectivity index (χ2v) is 5.64. The molecule has 0 unspecified atom stereocenters. The Bertz CT molecular complexity index is 1140. The summed E-state index contributed by atoms with van der Waals surface area (Å²) < 4.78 is 81.6. The molecule has 0 aliphatic rings. The van der Waals surface area contributed by atoms with Crippen LogP contribution in [0.4, 0.5) is 26.3 Å². The zero-order valence-corrected chi connectivity index (χ0v) is 13.9. The number of halogens is 6. The predicted octanol–water partition coefficient (Wildman–Crippen LogP) is 2.86. The number of fused-ring (bicyclic) bond motifs is 1. The summed E-state index contributed by atoms with van der Waals surface area (Å²) >= 11 is 0. The molecule has 0 aliphatic heterocycles. The average molecular weight is 418 g/mol. The van der Waals surface area contributed by atoms with Crippen LogP contribution in [0.5, 0.6) is 5.75 Å². The van der Waals surface area contributed by atoms with Crippen molar-refractivity contribution in [1.29, 1.82) is 0 Å². The Labute approximate surface area is 155 Å². The molecular formula is C14H8F6N8O. The first-order valence-electron chi connectivity index (χ1n) is 7.68. The number of imidazole rings is 2. The Balaban J connectivity index is 1.84. The lowest BCUT2D eigenvalue weighted by Gasteiger charge is -2.09. The monoisotopic (exact) mass is 418 g/mol. The fourth-order valence-electron chi connectivity index (χ4n) is 2.45. The zero-order chi connectivity index (χ0) is 20.8. The molecule has 0 atom stereocenters. The summed E-state index contributed by atoms with van der Waals surface area (Å²) in [6.45, 7) is -1.54. The van der Waals surface area contributed by atoms with E-state index in [2.05, 4.69) is 34.8 Å². The minimum absolute atomic E-state index is 0.0256. The van der Waals surface area contributed by atoms with E-state index in [9.17, 15) is 26.3 Å². The van der Waals surface area contributed by atoms with Crippen LogP contribution >= 0.6 is 0 Å². The van der Waals surface area contributed by atoms with Crippen LogP contribution in [0.15, 0.2) is 24.9 Å². The van der Waals surface area contributed by atoms with E-state index < -0.39 is 24.8 Å². The van der Waals surface area contributed by atoms with Gasteiger partial charge >= 0.3 is 12.4 Å². The van der Waals surface area contributed by atoms with Crippen LogP contribution in [0, 0.1) is 0 Å². The highest BCUT2D eigenvalue weighted by molar-refractivity contribution is 5.76. The third-order valence-corrected chi connectivity index (χ3v) is 3.58. The number of ether oxygens (including phenoxy) is 1. The standard InChI is InChI=1S/C14H8F6N8O/c15-13(16,17)4-29-6-1-22-12-24-8(10-25-11(27-26-10)14(18,19)20)9(28(12)3-6)7-2-21-5-23-7/h1-3,5H,4H2,(H,21,23)(H,25,26,27). The molecule has 0 fully saturated rings. The summed E-state index contributed by atoms with van der Waals surface area (Å²) in [6.07, 6.45) is -4.50. The molecule has 0 aliphatic carbocycles. The van der Waals surface area contributed by atoms with Crippen LogP contribution in [0.2, 0.25) is 0 Å². The van der Waals surface area contributed by atoms with Crippen LogP contribution in [0.1, 0.15) is 5.82 Å². The number of aromatic amines is 2. The van der Waals surface area contributed by atoms with Gasteiger partial charge in [-0.05, 0) is 0 Å². The van der Waals surface area contributed by atoms with E-state index in [4.69, 9.17) is 0 Å². The zero-order valence-electron chi connectivity index (χ0n) is 13.9. The molecule has 0 amide bonds. The molecule has 152 valence electrons. The van der Waals surface area contributed by atoms with Crippen LogP contribution in [-0.2, 0) is 6.18 Å². The van der Waals surface area contributed by atoms with Crippen molar-refractivity contribution in [1.82, 2.24) is 39.5 Å². The minimum atomic E-state index is -4.75. The van der Waals surface area contributed by atoms with Gasteiger partial charge in [0.05, 0.1) is 30.6 Å². The SMILES string of the molecule is FC(F)(F)COc1cnc2nc(-c3n[nH]c(C(F)(F)F)n3)c(-c3cnc[nH]3)n2c1. The fraction of sp³-hybridized carbons (Fsp3) is 0.214. The van der Waals surface area contributed by atoms with E-state index >= 15 is 0 Å². The van der Waals surface area contributed by atoms with Crippen molar-refractivity contribution >= 4 is 5.78 Å². The number of hydrogen-bond acceptors (Lipinski definition) is 6. The van der Waals surface area contributed by atoms with Gasteiger partial charge in [-0.3, -0.25) is 9.50 Å². The lowest BCUT2D eigenvalue weighted by atomic mass is 10.2. The van der Waals surface area contributed by atoms with Gasteiger partial charge in [0.25, 0.3) is 0 Å². The summed E-state index contributed by atoms with van der Waals surface area (Å²) in [6, 6.07) is 0. The van der Waals surface area contributed by atoms with Crippen molar-refractivity contribution in [3.05, 3.63) is 30.7 Å². The quantitative estimate of drug-likeness (QED) is 0.494. The normalized spacial score (nSPS) is 12.6. The molecule has 2 N–H and O–H groups in total. The number of aromatic nitrogens is 8.